The van der Waals surface area contributed by atoms with E-state index in [1.165, 1.54) is 11.1 Å². The van der Waals surface area contributed by atoms with Gasteiger partial charge >= 0.3 is 0 Å². The number of hydrogen-bond donors (Lipinski definition) is 1. The molecule has 0 amide bonds. The van der Waals surface area contributed by atoms with Crippen molar-refractivity contribution in [2.75, 3.05) is 11.9 Å². The van der Waals surface area contributed by atoms with Crippen molar-refractivity contribution in [3.8, 4) is 5.88 Å². The molecule has 0 spiro atoms. The van der Waals surface area contributed by atoms with E-state index in [9.17, 15) is 0 Å². The molecule has 17 heavy (non-hydrogen) atoms. The SMILES string of the molecule is CCOc1ccnc(NCc2cscc2C)n1. The lowest BCUT2D eigenvalue weighted by Gasteiger charge is -2.06. The fourth-order valence-corrected chi connectivity index (χ4v) is 2.25. The normalized spacial score (nSPS) is 10.2. The molecule has 2 aromatic heterocycles. The van der Waals surface area contributed by atoms with Crippen LogP contribution in [-0.4, -0.2) is 16.6 Å². The monoisotopic (exact) mass is 249 g/mol. The third kappa shape index (κ3) is 3.17. The van der Waals surface area contributed by atoms with Crippen LogP contribution in [0.4, 0.5) is 5.95 Å². The lowest BCUT2D eigenvalue weighted by molar-refractivity contribution is 0.326. The largest absolute Gasteiger partial charge is 0.478 e. The average molecular weight is 249 g/mol. The van der Waals surface area contributed by atoms with Crippen LogP contribution in [0.25, 0.3) is 0 Å². The third-order valence-electron chi connectivity index (χ3n) is 2.32. The Bertz CT molecular complexity index is 484. The van der Waals surface area contributed by atoms with Crippen LogP contribution in [0.3, 0.4) is 0 Å². The van der Waals surface area contributed by atoms with Gasteiger partial charge in [-0.3, -0.25) is 0 Å². The van der Waals surface area contributed by atoms with Crippen LogP contribution in [0.5, 0.6) is 5.88 Å². The zero-order valence-corrected chi connectivity index (χ0v) is 10.8. The molecule has 0 aliphatic heterocycles. The predicted molar refractivity (Wildman–Crippen MR) is 69.6 cm³/mol. The summed E-state index contributed by atoms with van der Waals surface area (Å²) in [5, 5.41) is 7.46. The van der Waals surface area contributed by atoms with Gasteiger partial charge in [0, 0.05) is 18.8 Å². The standard InChI is InChI=1S/C12H15N3OS/c1-3-16-11-4-5-13-12(15-11)14-6-10-8-17-7-9(10)2/h4-5,7-8H,3,6H2,1-2H3,(H,13,14,15). The first kappa shape index (κ1) is 11.9. The summed E-state index contributed by atoms with van der Waals surface area (Å²) in [5.41, 5.74) is 2.57. The molecule has 0 radical (unpaired) electrons. The van der Waals surface area contributed by atoms with Crippen LogP contribution in [0.1, 0.15) is 18.1 Å². The molecule has 0 atom stereocenters. The van der Waals surface area contributed by atoms with Crippen molar-refractivity contribution in [1.82, 2.24) is 9.97 Å². The Balaban J connectivity index is 1.99. The number of nitrogens with zero attached hydrogens (tertiary/aromatic N) is 2. The second-order valence-corrected chi connectivity index (χ2v) is 4.33. The number of aryl methyl sites for hydroxylation is 1. The number of aromatic nitrogens is 2. The number of anilines is 1. The van der Waals surface area contributed by atoms with E-state index < -0.39 is 0 Å². The topological polar surface area (TPSA) is 47.0 Å². The number of hydrogen-bond acceptors (Lipinski definition) is 5. The Kier molecular flexibility index (Phi) is 3.93. The first-order valence-corrected chi connectivity index (χ1v) is 6.45. The smallest absolute Gasteiger partial charge is 0.226 e. The van der Waals surface area contributed by atoms with Gasteiger partial charge in [-0.25, -0.2) is 4.98 Å². The van der Waals surface area contributed by atoms with E-state index in [4.69, 9.17) is 4.74 Å². The van der Waals surface area contributed by atoms with Gasteiger partial charge in [-0.1, -0.05) is 0 Å². The van der Waals surface area contributed by atoms with Crippen molar-refractivity contribution >= 4 is 17.3 Å². The zero-order chi connectivity index (χ0) is 12.1. The van der Waals surface area contributed by atoms with Gasteiger partial charge in [-0.15, -0.1) is 0 Å². The maximum atomic E-state index is 5.32. The number of rotatable bonds is 5. The first-order valence-electron chi connectivity index (χ1n) is 5.51. The summed E-state index contributed by atoms with van der Waals surface area (Å²) in [5.74, 6) is 1.20. The second-order valence-electron chi connectivity index (χ2n) is 3.59. The van der Waals surface area contributed by atoms with Gasteiger partial charge in [0.25, 0.3) is 0 Å². The molecule has 2 rings (SSSR count). The van der Waals surface area contributed by atoms with Crippen molar-refractivity contribution in [2.45, 2.75) is 20.4 Å². The minimum absolute atomic E-state index is 0.599. The number of thiophene rings is 1. The summed E-state index contributed by atoms with van der Waals surface area (Å²) < 4.78 is 5.32. The van der Waals surface area contributed by atoms with E-state index in [1.807, 2.05) is 6.92 Å². The molecular weight excluding hydrogens is 234 g/mol. The van der Waals surface area contributed by atoms with E-state index in [-0.39, 0.29) is 0 Å². The quantitative estimate of drug-likeness (QED) is 0.885. The second kappa shape index (κ2) is 5.63. The van der Waals surface area contributed by atoms with Gasteiger partial charge in [0.2, 0.25) is 11.8 Å². The summed E-state index contributed by atoms with van der Waals surface area (Å²) in [7, 11) is 0. The molecule has 2 heterocycles. The maximum absolute atomic E-state index is 5.32. The van der Waals surface area contributed by atoms with Gasteiger partial charge in [0.15, 0.2) is 0 Å². The average Bonchev–Trinajstić information content (AvgIpc) is 2.73. The Morgan fingerprint density at radius 1 is 1.41 bits per heavy atom. The zero-order valence-electron chi connectivity index (χ0n) is 9.93. The molecular formula is C12H15N3OS. The summed E-state index contributed by atoms with van der Waals surface area (Å²) in [6.45, 7) is 5.39. The fourth-order valence-electron chi connectivity index (χ4n) is 1.40. The number of nitrogens with one attached hydrogen (secondary N) is 1. The van der Waals surface area contributed by atoms with Crippen LogP contribution in [-0.2, 0) is 6.54 Å². The van der Waals surface area contributed by atoms with Crippen molar-refractivity contribution < 1.29 is 4.74 Å². The molecule has 4 nitrogen and oxygen atoms in total. The molecule has 0 unspecified atom stereocenters. The summed E-state index contributed by atoms with van der Waals surface area (Å²) >= 11 is 1.71. The van der Waals surface area contributed by atoms with Gasteiger partial charge < -0.3 is 10.1 Å². The summed E-state index contributed by atoms with van der Waals surface area (Å²) in [6, 6.07) is 1.75. The van der Waals surface area contributed by atoms with E-state index in [1.54, 1.807) is 23.6 Å². The van der Waals surface area contributed by atoms with Crippen LogP contribution >= 0.6 is 11.3 Å². The molecule has 0 aromatic carbocycles. The minimum atomic E-state index is 0.599. The highest BCUT2D eigenvalue weighted by molar-refractivity contribution is 7.08. The highest BCUT2D eigenvalue weighted by Crippen LogP contribution is 2.15. The molecule has 90 valence electrons. The maximum Gasteiger partial charge on any atom is 0.226 e. The van der Waals surface area contributed by atoms with Gasteiger partial charge in [0.1, 0.15) is 0 Å². The first-order chi connectivity index (χ1) is 8.29. The number of ether oxygens (including phenoxy) is 1. The lowest BCUT2D eigenvalue weighted by atomic mass is 10.2. The van der Waals surface area contributed by atoms with Crippen LogP contribution in [0, 0.1) is 6.92 Å². The molecule has 2 aromatic rings. The van der Waals surface area contributed by atoms with Gasteiger partial charge in [-0.05, 0) is 35.7 Å². The van der Waals surface area contributed by atoms with E-state index in [2.05, 4.69) is 33.0 Å². The van der Waals surface area contributed by atoms with Crippen molar-refractivity contribution in [1.29, 1.82) is 0 Å². The van der Waals surface area contributed by atoms with E-state index >= 15 is 0 Å². The summed E-state index contributed by atoms with van der Waals surface area (Å²) in [6.07, 6.45) is 1.70. The van der Waals surface area contributed by atoms with E-state index in [0.29, 0.717) is 18.4 Å². The Morgan fingerprint density at radius 2 is 2.29 bits per heavy atom. The molecule has 0 saturated carbocycles. The summed E-state index contributed by atoms with van der Waals surface area (Å²) in [4.78, 5) is 8.40. The van der Waals surface area contributed by atoms with Gasteiger partial charge in [0.05, 0.1) is 6.61 Å². The molecule has 0 saturated heterocycles. The van der Waals surface area contributed by atoms with Crippen molar-refractivity contribution in [2.24, 2.45) is 0 Å². The molecule has 0 aliphatic rings. The fraction of sp³-hybridized carbons (Fsp3) is 0.333. The highest BCUT2D eigenvalue weighted by atomic mass is 32.1. The predicted octanol–water partition coefficient (Wildman–Crippen LogP) is 2.86. The Labute approximate surface area is 105 Å². The Hall–Kier alpha value is -1.62. The van der Waals surface area contributed by atoms with Crippen LogP contribution in [0.2, 0.25) is 0 Å². The molecule has 0 fully saturated rings. The molecule has 5 heteroatoms. The van der Waals surface area contributed by atoms with Crippen molar-refractivity contribution in [3.63, 3.8) is 0 Å². The lowest BCUT2D eigenvalue weighted by Crippen LogP contribution is -2.04. The molecule has 1 N–H and O–H groups in total. The van der Waals surface area contributed by atoms with Crippen molar-refractivity contribution in [3.05, 3.63) is 34.2 Å². The highest BCUT2D eigenvalue weighted by Gasteiger charge is 2.02. The minimum Gasteiger partial charge on any atom is -0.478 e. The molecule has 0 aliphatic carbocycles. The van der Waals surface area contributed by atoms with E-state index in [0.717, 1.165) is 6.54 Å². The van der Waals surface area contributed by atoms with Crippen LogP contribution in [0.15, 0.2) is 23.0 Å². The third-order valence-corrected chi connectivity index (χ3v) is 3.23. The Morgan fingerprint density at radius 3 is 3.00 bits per heavy atom. The van der Waals surface area contributed by atoms with Crippen LogP contribution < -0.4 is 10.1 Å². The van der Waals surface area contributed by atoms with Gasteiger partial charge in [-0.2, -0.15) is 16.3 Å². The molecule has 0 bridgehead atoms.